The second kappa shape index (κ2) is 3.90. The lowest BCUT2D eigenvalue weighted by atomic mass is 10.1. The molecule has 62 valence electrons. The van der Waals surface area contributed by atoms with Crippen LogP contribution in [-0.2, 0) is 9.53 Å². The van der Waals surface area contributed by atoms with E-state index in [-0.39, 0.29) is 12.1 Å². The highest BCUT2D eigenvalue weighted by molar-refractivity contribution is 9.09. The van der Waals surface area contributed by atoms with E-state index in [0.717, 1.165) is 12.8 Å². The van der Waals surface area contributed by atoms with Crippen molar-refractivity contribution in [2.75, 3.05) is 0 Å². The second-order valence-corrected chi connectivity index (χ2v) is 3.80. The molecule has 0 aliphatic heterocycles. The van der Waals surface area contributed by atoms with Crippen LogP contribution in [0.4, 0.5) is 0 Å². The van der Waals surface area contributed by atoms with E-state index < -0.39 is 0 Å². The summed E-state index contributed by atoms with van der Waals surface area (Å²) in [4.78, 5) is 11.0. The van der Waals surface area contributed by atoms with Crippen LogP contribution in [0.15, 0.2) is 12.2 Å². The van der Waals surface area contributed by atoms with Crippen LogP contribution in [0.1, 0.15) is 19.8 Å². The summed E-state index contributed by atoms with van der Waals surface area (Å²) in [5, 5.41) is 0. The molecule has 0 saturated heterocycles. The molecule has 0 heterocycles. The quantitative estimate of drug-likeness (QED) is 0.383. The first-order valence-electron chi connectivity index (χ1n) is 3.68. The van der Waals surface area contributed by atoms with Crippen LogP contribution in [0, 0.1) is 0 Å². The van der Waals surface area contributed by atoms with Gasteiger partial charge < -0.3 is 4.74 Å². The summed E-state index contributed by atoms with van der Waals surface area (Å²) >= 11 is 3.45. The average molecular weight is 219 g/mol. The molecule has 1 aliphatic rings. The van der Waals surface area contributed by atoms with E-state index in [0.29, 0.717) is 4.83 Å². The maximum Gasteiger partial charge on any atom is 0.303 e. The summed E-state index contributed by atoms with van der Waals surface area (Å²) in [6, 6.07) is 0. The van der Waals surface area contributed by atoms with Crippen molar-refractivity contribution in [2.45, 2.75) is 30.7 Å². The smallest absolute Gasteiger partial charge is 0.303 e. The predicted octanol–water partition coefficient (Wildman–Crippen LogP) is 2.03. The first-order chi connectivity index (χ1) is 5.18. The summed E-state index contributed by atoms with van der Waals surface area (Å²) in [5.41, 5.74) is 0. The number of carbonyl (C=O) groups is 1. The van der Waals surface area contributed by atoms with Gasteiger partial charge in [0.05, 0.1) is 0 Å². The van der Waals surface area contributed by atoms with E-state index in [2.05, 4.69) is 15.9 Å². The Balaban J connectivity index is 2.38. The molecule has 1 rings (SSSR count). The van der Waals surface area contributed by atoms with Gasteiger partial charge in [-0.15, -0.1) is 0 Å². The van der Waals surface area contributed by atoms with Crippen LogP contribution in [-0.4, -0.2) is 16.9 Å². The number of hydrogen-bond acceptors (Lipinski definition) is 2. The van der Waals surface area contributed by atoms with Gasteiger partial charge in [-0.3, -0.25) is 4.79 Å². The third kappa shape index (κ3) is 3.06. The number of esters is 1. The molecule has 0 radical (unpaired) electrons. The Bertz CT molecular complexity index is 177. The fourth-order valence-corrected chi connectivity index (χ4v) is 1.51. The third-order valence-corrected chi connectivity index (χ3v) is 2.34. The Labute approximate surface area is 74.7 Å². The van der Waals surface area contributed by atoms with E-state index in [4.69, 9.17) is 4.74 Å². The minimum atomic E-state index is -0.201. The van der Waals surface area contributed by atoms with E-state index >= 15 is 0 Å². The fraction of sp³-hybridized carbons (Fsp3) is 0.625. The lowest BCUT2D eigenvalue weighted by Crippen LogP contribution is -2.18. The van der Waals surface area contributed by atoms with Gasteiger partial charge in [0.2, 0.25) is 0 Å². The third-order valence-electron chi connectivity index (χ3n) is 1.58. The van der Waals surface area contributed by atoms with Gasteiger partial charge in [0.1, 0.15) is 6.10 Å². The number of hydrogen-bond donors (Lipinski definition) is 0. The molecule has 0 unspecified atom stereocenters. The Morgan fingerprint density at radius 2 is 2.27 bits per heavy atom. The van der Waals surface area contributed by atoms with Gasteiger partial charge >= 0.3 is 5.97 Å². The number of carbonyl (C=O) groups excluding carboxylic acids is 1. The van der Waals surface area contributed by atoms with Gasteiger partial charge in [-0.05, 0) is 18.9 Å². The largest absolute Gasteiger partial charge is 0.458 e. The normalized spacial score (nSPS) is 30.0. The Morgan fingerprint density at radius 1 is 1.55 bits per heavy atom. The number of ether oxygens (including phenoxy) is 1. The summed E-state index contributed by atoms with van der Waals surface area (Å²) < 4.78 is 4.99. The van der Waals surface area contributed by atoms with Crippen molar-refractivity contribution in [2.24, 2.45) is 0 Å². The average Bonchev–Trinajstić information content (AvgIpc) is 1.93. The number of allylic oxidation sites excluding steroid dienone is 1. The van der Waals surface area contributed by atoms with Gasteiger partial charge in [0.15, 0.2) is 0 Å². The van der Waals surface area contributed by atoms with Crippen LogP contribution in [0.25, 0.3) is 0 Å². The van der Waals surface area contributed by atoms with Crippen molar-refractivity contribution in [1.82, 2.24) is 0 Å². The lowest BCUT2D eigenvalue weighted by molar-refractivity contribution is -0.144. The summed E-state index contributed by atoms with van der Waals surface area (Å²) in [6.07, 6.45) is 5.92. The van der Waals surface area contributed by atoms with Crippen LogP contribution < -0.4 is 0 Å². The van der Waals surface area contributed by atoms with Gasteiger partial charge in [-0.2, -0.15) is 0 Å². The van der Waals surface area contributed by atoms with Crippen LogP contribution in [0.3, 0.4) is 0 Å². The molecule has 2 nitrogen and oxygen atoms in total. The fourth-order valence-electron chi connectivity index (χ4n) is 1.07. The number of halogens is 1. The molecule has 0 fully saturated rings. The number of alkyl halides is 1. The van der Waals surface area contributed by atoms with E-state index in [1.807, 2.05) is 12.2 Å². The van der Waals surface area contributed by atoms with Crippen molar-refractivity contribution in [1.29, 1.82) is 0 Å². The minimum Gasteiger partial charge on any atom is -0.458 e. The van der Waals surface area contributed by atoms with Gasteiger partial charge in [-0.1, -0.05) is 22.0 Å². The zero-order valence-electron chi connectivity index (χ0n) is 6.42. The van der Waals surface area contributed by atoms with Crippen molar-refractivity contribution >= 4 is 21.9 Å². The molecule has 0 aromatic heterocycles. The molecule has 0 aromatic rings. The summed E-state index contributed by atoms with van der Waals surface area (Å²) in [7, 11) is 0. The Morgan fingerprint density at radius 3 is 2.73 bits per heavy atom. The molecular formula is C8H11BrO2. The maximum atomic E-state index is 10.5. The molecule has 0 N–H and O–H groups in total. The van der Waals surface area contributed by atoms with Gasteiger partial charge in [0.25, 0.3) is 0 Å². The first-order valence-corrected chi connectivity index (χ1v) is 4.59. The Kier molecular flexibility index (Phi) is 3.12. The van der Waals surface area contributed by atoms with Gasteiger partial charge in [0, 0.05) is 11.8 Å². The molecular weight excluding hydrogens is 208 g/mol. The SMILES string of the molecule is CC(=O)O[C@@H]1C=C[C@@H](Br)CC1. The van der Waals surface area contributed by atoms with E-state index in [1.54, 1.807) is 0 Å². The predicted molar refractivity (Wildman–Crippen MR) is 46.6 cm³/mol. The highest BCUT2D eigenvalue weighted by atomic mass is 79.9. The molecule has 1 aliphatic carbocycles. The standard InChI is InChI=1S/C8H11BrO2/c1-6(10)11-8-4-2-7(9)3-5-8/h2,4,7-8H,3,5H2,1H3/t7-,8-/m1/s1. The highest BCUT2D eigenvalue weighted by Crippen LogP contribution is 2.19. The van der Waals surface area contributed by atoms with Crippen molar-refractivity contribution in [3.63, 3.8) is 0 Å². The lowest BCUT2D eigenvalue weighted by Gasteiger charge is -2.18. The zero-order valence-corrected chi connectivity index (χ0v) is 8.00. The monoisotopic (exact) mass is 218 g/mol. The van der Waals surface area contributed by atoms with Crippen molar-refractivity contribution in [3.05, 3.63) is 12.2 Å². The van der Waals surface area contributed by atoms with E-state index in [9.17, 15) is 4.79 Å². The second-order valence-electron chi connectivity index (χ2n) is 2.63. The van der Waals surface area contributed by atoms with Crippen LogP contribution in [0.2, 0.25) is 0 Å². The van der Waals surface area contributed by atoms with Crippen LogP contribution >= 0.6 is 15.9 Å². The maximum absolute atomic E-state index is 10.5. The first kappa shape index (κ1) is 8.78. The molecule has 0 aromatic carbocycles. The number of rotatable bonds is 1. The zero-order chi connectivity index (χ0) is 8.27. The molecule has 0 spiro atoms. The van der Waals surface area contributed by atoms with Crippen molar-refractivity contribution < 1.29 is 9.53 Å². The van der Waals surface area contributed by atoms with Crippen molar-refractivity contribution in [3.8, 4) is 0 Å². The molecule has 3 heteroatoms. The van der Waals surface area contributed by atoms with Crippen LogP contribution in [0.5, 0.6) is 0 Å². The minimum absolute atomic E-state index is 0.00120. The topological polar surface area (TPSA) is 26.3 Å². The molecule has 2 atom stereocenters. The molecule has 0 bridgehead atoms. The molecule has 0 saturated carbocycles. The molecule has 11 heavy (non-hydrogen) atoms. The summed E-state index contributed by atoms with van der Waals surface area (Å²) in [6.45, 7) is 1.44. The highest BCUT2D eigenvalue weighted by Gasteiger charge is 2.14. The summed E-state index contributed by atoms with van der Waals surface area (Å²) in [5.74, 6) is -0.201. The van der Waals surface area contributed by atoms with E-state index in [1.165, 1.54) is 6.92 Å². The Hall–Kier alpha value is -0.310. The van der Waals surface area contributed by atoms with Gasteiger partial charge in [-0.25, -0.2) is 0 Å². The molecule has 0 amide bonds.